The van der Waals surface area contributed by atoms with Gasteiger partial charge in [0.05, 0.1) is 31.2 Å². The quantitative estimate of drug-likeness (QED) is 0.891. The Kier molecular flexibility index (Phi) is 5.08. The third kappa shape index (κ3) is 4.07. The van der Waals surface area contributed by atoms with Gasteiger partial charge < -0.3 is 24.6 Å². The van der Waals surface area contributed by atoms with Crippen molar-refractivity contribution in [1.82, 2.24) is 4.90 Å². The lowest BCUT2D eigenvalue weighted by atomic mass is 10.1. The molecule has 1 atom stereocenters. The van der Waals surface area contributed by atoms with Crippen LogP contribution in [0.2, 0.25) is 0 Å². The lowest BCUT2D eigenvalue weighted by Crippen LogP contribution is -2.41. The topological polar surface area (TPSA) is 54.0 Å². The van der Waals surface area contributed by atoms with E-state index < -0.39 is 0 Å². The van der Waals surface area contributed by atoms with E-state index in [-0.39, 0.29) is 6.03 Å². The first kappa shape index (κ1) is 16.7. The standard InChI is InChI=1S/C19H27N3O3/c23-19(22(16-5-6-16)13-15-7-10-25-14-15)20-17-3-1-2-4-18(17)21-8-11-24-12-9-21/h1-4,15-16H,5-14H2,(H,20,23)/t15-/m1/s1. The van der Waals surface area contributed by atoms with Crippen LogP contribution in [0.15, 0.2) is 24.3 Å². The first-order chi connectivity index (χ1) is 12.3. The van der Waals surface area contributed by atoms with Crippen molar-refractivity contribution in [2.24, 2.45) is 5.92 Å². The van der Waals surface area contributed by atoms with Crippen LogP contribution >= 0.6 is 0 Å². The van der Waals surface area contributed by atoms with Crippen molar-refractivity contribution in [3.8, 4) is 0 Å². The summed E-state index contributed by atoms with van der Waals surface area (Å²) >= 11 is 0. The molecule has 2 heterocycles. The van der Waals surface area contributed by atoms with Crippen molar-refractivity contribution < 1.29 is 14.3 Å². The second-order valence-corrected chi connectivity index (χ2v) is 7.16. The maximum Gasteiger partial charge on any atom is 0.322 e. The predicted octanol–water partition coefficient (Wildman–Crippen LogP) is 2.56. The van der Waals surface area contributed by atoms with Crippen LogP contribution in [0, 0.1) is 5.92 Å². The number of nitrogens with one attached hydrogen (secondary N) is 1. The van der Waals surface area contributed by atoms with Gasteiger partial charge >= 0.3 is 6.03 Å². The van der Waals surface area contributed by atoms with Crippen LogP contribution < -0.4 is 10.2 Å². The average Bonchev–Trinajstić information content (AvgIpc) is 3.36. The summed E-state index contributed by atoms with van der Waals surface area (Å²) in [5.41, 5.74) is 1.97. The van der Waals surface area contributed by atoms with E-state index in [1.807, 2.05) is 23.1 Å². The van der Waals surface area contributed by atoms with Crippen LogP contribution in [0.4, 0.5) is 16.2 Å². The lowest BCUT2D eigenvalue weighted by molar-refractivity contribution is 0.123. The second kappa shape index (κ2) is 7.62. The van der Waals surface area contributed by atoms with Crippen LogP contribution in [0.3, 0.4) is 0 Å². The summed E-state index contributed by atoms with van der Waals surface area (Å²) < 4.78 is 10.9. The minimum Gasteiger partial charge on any atom is -0.381 e. The van der Waals surface area contributed by atoms with Crippen LogP contribution in [0.1, 0.15) is 19.3 Å². The molecule has 1 aromatic rings. The Morgan fingerprint density at radius 1 is 1.12 bits per heavy atom. The molecule has 1 aromatic carbocycles. The number of benzene rings is 1. The molecule has 0 bridgehead atoms. The molecule has 25 heavy (non-hydrogen) atoms. The maximum atomic E-state index is 12.9. The molecule has 0 spiro atoms. The van der Waals surface area contributed by atoms with Crippen LogP contribution in [0.5, 0.6) is 0 Å². The summed E-state index contributed by atoms with van der Waals surface area (Å²) in [5, 5.41) is 3.17. The summed E-state index contributed by atoms with van der Waals surface area (Å²) in [6, 6.07) is 8.49. The number of urea groups is 1. The number of ether oxygens (including phenoxy) is 2. The fraction of sp³-hybridized carbons (Fsp3) is 0.632. The van der Waals surface area contributed by atoms with Crippen molar-refractivity contribution in [3.63, 3.8) is 0 Å². The van der Waals surface area contributed by atoms with Gasteiger partial charge in [-0.15, -0.1) is 0 Å². The van der Waals surface area contributed by atoms with Crippen LogP contribution in [-0.2, 0) is 9.47 Å². The summed E-state index contributed by atoms with van der Waals surface area (Å²) in [5.74, 6) is 0.473. The van der Waals surface area contributed by atoms with Crippen LogP contribution in [0.25, 0.3) is 0 Å². The van der Waals surface area contributed by atoms with E-state index in [4.69, 9.17) is 9.47 Å². The Bertz CT molecular complexity index is 593. The summed E-state index contributed by atoms with van der Waals surface area (Å²) in [6.45, 7) is 5.59. The number of anilines is 2. The van der Waals surface area contributed by atoms with Gasteiger partial charge in [0.15, 0.2) is 0 Å². The van der Waals surface area contributed by atoms with Crippen molar-refractivity contribution >= 4 is 17.4 Å². The van der Waals surface area contributed by atoms with Gasteiger partial charge in [0.25, 0.3) is 0 Å². The molecule has 4 rings (SSSR count). The SMILES string of the molecule is O=C(Nc1ccccc1N1CCOCC1)N(C[C@H]1CCOC1)C1CC1. The second-order valence-electron chi connectivity index (χ2n) is 7.16. The molecule has 0 radical (unpaired) electrons. The zero-order chi connectivity index (χ0) is 17.1. The van der Waals surface area contributed by atoms with Crippen molar-refractivity contribution in [2.45, 2.75) is 25.3 Å². The minimum atomic E-state index is 0.0232. The Labute approximate surface area is 149 Å². The van der Waals surface area contributed by atoms with Gasteiger partial charge in [-0.25, -0.2) is 4.79 Å². The van der Waals surface area contributed by atoms with E-state index in [1.165, 1.54) is 0 Å². The zero-order valence-corrected chi connectivity index (χ0v) is 14.7. The first-order valence-electron chi connectivity index (χ1n) is 9.38. The number of rotatable bonds is 5. The highest BCUT2D eigenvalue weighted by Crippen LogP contribution is 2.31. The van der Waals surface area contributed by atoms with Crippen molar-refractivity contribution in [1.29, 1.82) is 0 Å². The van der Waals surface area contributed by atoms with Gasteiger partial charge in [-0.3, -0.25) is 0 Å². The van der Waals surface area contributed by atoms with Gasteiger partial charge in [-0.2, -0.15) is 0 Å². The van der Waals surface area contributed by atoms with Gasteiger partial charge in [-0.05, 0) is 31.4 Å². The Morgan fingerprint density at radius 2 is 1.92 bits per heavy atom. The molecule has 1 aliphatic carbocycles. The molecule has 3 fully saturated rings. The maximum absolute atomic E-state index is 12.9. The average molecular weight is 345 g/mol. The van der Waals surface area contributed by atoms with E-state index in [1.54, 1.807) is 0 Å². The largest absolute Gasteiger partial charge is 0.381 e. The molecular weight excluding hydrogens is 318 g/mol. The predicted molar refractivity (Wildman–Crippen MR) is 97.1 cm³/mol. The first-order valence-corrected chi connectivity index (χ1v) is 9.38. The fourth-order valence-corrected chi connectivity index (χ4v) is 3.64. The third-order valence-corrected chi connectivity index (χ3v) is 5.22. The number of hydrogen-bond donors (Lipinski definition) is 1. The number of para-hydroxylation sites is 2. The molecule has 2 amide bonds. The number of nitrogens with zero attached hydrogens (tertiary/aromatic N) is 2. The van der Waals surface area contributed by atoms with E-state index >= 15 is 0 Å². The number of carbonyl (C=O) groups excluding carboxylic acids is 1. The summed E-state index contributed by atoms with van der Waals surface area (Å²) in [6.07, 6.45) is 3.29. The Morgan fingerprint density at radius 3 is 2.64 bits per heavy atom. The fourth-order valence-electron chi connectivity index (χ4n) is 3.64. The van der Waals surface area contributed by atoms with E-state index in [0.29, 0.717) is 12.0 Å². The molecular formula is C19H27N3O3. The molecule has 0 aromatic heterocycles. The Hall–Kier alpha value is -1.79. The van der Waals surface area contributed by atoms with E-state index in [9.17, 15) is 4.79 Å². The van der Waals surface area contributed by atoms with Gasteiger partial charge in [0, 0.05) is 38.2 Å². The molecule has 2 saturated heterocycles. The van der Waals surface area contributed by atoms with Crippen LogP contribution in [-0.4, -0.2) is 63.0 Å². The zero-order valence-electron chi connectivity index (χ0n) is 14.7. The number of amides is 2. The number of morpholine rings is 1. The molecule has 136 valence electrons. The molecule has 1 N–H and O–H groups in total. The highest BCUT2D eigenvalue weighted by atomic mass is 16.5. The van der Waals surface area contributed by atoms with Crippen molar-refractivity contribution in [3.05, 3.63) is 24.3 Å². The molecule has 0 unspecified atom stereocenters. The molecule has 2 aliphatic heterocycles. The molecule has 3 aliphatic rings. The van der Waals surface area contributed by atoms with Gasteiger partial charge in [0.1, 0.15) is 0 Å². The van der Waals surface area contributed by atoms with E-state index in [2.05, 4.69) is 16.3 Å². The third-order valence-electron chi connectivity index (χ3n) is 5.22. The number of carbonyl (C=O) groups is 1. The molecule has 6 heteroatoms. The summed E-state index contributed by atoms with van der Waals surface area (Å²) in [7, 11) is 0. The molecule has 6 nitrogen and oxygen atoms in total. The highest BCUT2D eigenvalue weighted by Gasteiger charge is 2.35. The smallest absolute Gasteiger partial charge is 0.322 e. The highest BCUT2D eigenvalue weighted by molar-refractivity contribution is 5.93. The number of hydrogen-bond acceptors (Lipinski definition) is 4. The monoisotopic (exact) mass is 345 g/mol. The minimum absolute atomic E-state index is 0.0232. The molecule has 1 saturated carbocycles. The van der Waals surface area contributed by atoms with Crippen molar-refractivity contribution in [2.75, 3.05) is 56.3 Å². The normalized spacial score (nSPS) is 23.5. The van der Waals surface area contributed by atoms with Gasteiger partial charge in [0.2, 0.25) is 0 Å². The Balaban J connectivity index is 1.45. The summed E-state index contributed by atoms with van der Waals surface area (Å²) in [4.78, 5) is 17.3. The lowest BCUT2D eigenvalue weighted by Gasteiger charge is -2.31. The van der Waals surface area contributed by atoms with Gasteiger partial charge in [-0.1, -0.05) is 12.1 Å². The van der Waals surface area contributed by atoms with E-state index in [0.717, 1.165) is 76.7 Å².